The van der Waals surface area contributed by atoms with Crippen molar-refractivity contribution in [3.63, 3.8) is 0 Å². The van der Waals surface area contributed by atoms with Crippen LogP contribution in [0.2, 0.25) is 0 Å². The monoisotopic (exact) mass is 349 g/mol. The highest BCUT2D eigenvalue weighted by Crippen LogP contribution is 2.27. The molecule has 0 saturated carbocycles. The van der Waals surface area contributed by atoms with E-state index in [1.54, 1.807) is 18.2 Å². The molecule has 0 bridgehead atoms. The van der Waals surface area contributed by atoms with Crippen LogP contribution in [0, 0.1) is 5.82 Å². The number of carbonyl (C=O) groups excluding carboxylic acids is 1. The number of para-hydroxylation sites is 1. The number of anilines is 1. The number of sulfone groups is 1. The van der Waals surface area contributed by atoms with Gasteiger partial charge in [0.25, 0.3) is 5.91 Å². The van der Waals surface area contributed by atoms with E-state index in [4.69, 9.17) is 4.74 Å². The number of nitrogens with one attached hydrogen (secondary N) is 1. The van der Waals surface area contributed by atoms with Gasteiger partial charge in [0, 0.05) is 5.69 Å². The first-order valence-electron chi connectivity index (χ1n) is 7.48. The fraction of sp³-hybridized carbons (Fsp3) is 0.235. The van der Waals surface area contributed by atoms with Crippen molar-refractivity contribution in [2.75, 3.05) is 17.7 Å². The SMILES string of the molecule is O=C(COc1ccccc1F)Nc1ccc2c(c1)CCCS2(=O)=O. The number of hydrogen-bond acceptors (Lipinski definition) is 4. The zero-order chi connectivity index (χ0) is 17.2. The van der Waals surface area contributed by atoms with E-state index in [9.17, 15) is 17.6 Å². The van der Waals surface area contributed by atoms with Gasteiger partial charge in [-0.3, -0.25) is 4.79 Å². The summed E-state index contributed by atoms with van der Waals surface area (Å²) in [5.41, 5.74) is 1.20. The molecule has 126 valence electrons. The van der Waals surface area contributed by atoms with Crippen molar-refractivity contribution in [1.29, 1.82) is 0 Å². The lowest BCUT2D eigenvalue weighted by molar-refractivity contribution is -0.118. The van der Waals surface area contributed by atoms with Crippen LogP contribution in [0.25, 0.3) is 0 Å². The Morgan fingerprint density at radius 3 is 2.79 bits per heavy atom. The number of amides is 1. The van der Waals surface area contributed by atoms with Gasteiger partial charge >= 0.3 is 0 Å². The van der Waals surface area contributed by atoms with Crippen molar-refractivity contribution in [2.24, 2.45) is 0 Å². The second-order valence-corrected chi connectivity index (χ2v) is 7.59. The number of ether oxygens (including phenoxy) is 1. The second kappa shape index (κ2) is 6.60. The summed E-state index contributed by atoms with van der Waals surface area (Å²) >= 11 is 0. The first-order chi connectivity index (χ1) is 11.5. The third-order valence-electron chi connectivity index (χ3n) is 3.73. The van der Waals surface area contributed by atoms with Crippen LogP contribution in [0.15, 0.2) is 47.4 Å². The van der Waals surface area contributed by atoms with Crippen LogP contribution in [0.1, 0.15) is 12.0 Å². The molecule has 1 amide bonds. The topological polar surface area (TPSA) is 72.5 Å². The molecule has 5 nitrogen and oxygen atoms in total. The minimum absolute atomic E-state index is 0.00387. The van der Waals surface area contributed by atoms with Crippen molar-refractivity contribution in [3.05, 3.63) is 53.8 Å². The van der Waals surface area contributed by atoms with Gasteiger partial charge in [-0.2, -0.15) is 0 Å². The van der Waals surface area contributed by atoms with Gasteiger partial charge in [0.05, 0.1) is 10.6 Å². The van der Waals surface area contributed by atoms with Crippen LogP contribution in [0.5, 0.6) is 5.75 Å². The first-order valence-corrected chi connectivity index (χ1v) is 9.14. The quantitative estimate of drug-likeness (QED) is 0.921. The summed E-state index contributed by atoms with van der Waals surface area (Å²) in [7, 11) is -3.22. The fourth-order valence-electron chi connectivity index (χ4n) is 2.62. The summed E-state index contributed by atoms with van der Waals surface area (Å²) in [6.45, 7) is -0.337. The number of halogens is 1. The van der Waals surface area contributed by atoms with Crippen LogP contribution in [-0.4, -0.2) is 26.7 Å². The van der Waals surface area contributed by atoms with Gasteiger partial charge in [0.15, 0.2) is 28.0 Å². The summed E-state index contributed by atoms with van der Waals surface area (Å²) in [5.74, 6) is -0.826. The van der Waals surface area contributed by atoms with E-state index < -0.39 is 21.6 Å². The molecular weight excluding hydrogens is 333 g/mol. The Bertz CT molecular complexity index is 880. The molecule has 0 aliphatic carbocycles. The lowest BCUT2D eigenvalue weighted by Gasteiger charge is -2.17. The number of carbonyl (C=O) groups is 1. The van der Waals surface area contributed by atoms with Crippen molar-refractivity contribution >= 4 is 21.4 Å². The number of fused-ring (bicyclic) bond motifs is 1. The number of rotatable bonds is 4. The lowest BCUT2D eigenvalue weighted by atomic mass is 10.1. The van der Waals surface area contributed by atoms with Crippen LogP contribution in [0.4, 0.5) is 10.1 Å². The Kier molecular flexibility index (Phi) is 4.53. The van der Waals surface area contributed by atoms with Crippen molar-refractivity contribution in [1.82, 2.24) is 0 Å². The molecule has 7 heteroatoms. The van der Waals surface area contributed by atoms with E-state index >= 15 is 0 Å². The molecule has 1 aliphatic heterocycles. The third-order valence-corrected chi connectivity index (χ3v) is 5.63. The Morgan fingerprint density at radius 2 is 2.00 bits per heavy atom. The number of aryl methyl sites for hydroxylation is 1. The van der Waals surface area contributed by atoms with E-state index in [-0.39, 0.29) is 18.1 Å². The summed E-state index contributed by atoms with van der Waals surface area (Å²) in [6.07, 6.45) is 1.23. The molecule has 0 unspecified atom stereocenters. The minimum Gasteiger partial charge on any atom is -0.481 e. The van der Waals surface area contributed by atoms with Crippen LogP contribution in [-0.2, 0) is 21.1 Å². The smallest absolute Gasteiger partial charge is 0.262 e. The van der Waals surface area contributed by atoms with Gasteiger partial charge in [0.1, 0.15) is 0 Å². The Balaban J connectivity index is 1.66. The maximum atomic E-state index is 13.4. The molecule has 0 fully saturated rings. The predicted octanol–water partition coefficient (Wildman–Crippen LogP) is 2.56. The van der Waals surface area contributed by atoms with E-state index in [0.29, 0.717) is 29.0 Å². The highest BCUT2D eigenvalue weighted by molar-refractivity contribution is 7.91. The Morgan fingerprint density at radius 1 is 1.21 bits per heavy atom. The van der Waals surface area contributed by atoms with Crippen molar-refractivity contribution < 1.29 is 22.3 Å². The van der Waals surface area contributed by atoms with Crippen molar-refractivity contribution in [2.45, 2.75) is 17.7 Å². The summed E-state index contributed by atoms with van der Waals surface area (Å²) in [6, 6.07) is 10.5. The molecule has 0 aromatic heterocycles. The zero-order valence-electron chi connectivity index (χ0n) is 12.8. The van der Waals surface area contributed by atoms with Gasteiger partial charge in [-0.05, 0) is 48.7 Å². The highest BCUT2D eigenvalue weighted by atomic mass is 32.2. The molecule has 1 heterocycles. The second-order valence-electron chi connectivity index (χ2n) is 5.51. The number of hydrogen-bond donors (Lipinski definition) is 1. The highest BCUT2D eigenvalue weighted by Gasteiger charge is 2.23. The normalized spacial score (nSPS) is 15.4. The van der Waals surface area contributed by atoms with Crippen LogP contribution < -0.4 is 10.1 Å². The summed E-state index contributed by atoms with van der Waals surface area (Å²) in [4.78, 5) is 12.2. The Hall–Kier alpha value is -2.41. The molecule has 0 atom stereocenters. The lowest BCUT2D eigenvalue weighted by Crippen LogP contribution is -2.21. The Labute approximate surface area is 139 Å². The van der Waals surface area contributed by atoms with Crippen LogP contribution in [0.3, 0.4) is 0 Å². The predicted molar refractivity (Wildman–Crippen MR) is 87.3 cm³/mol. The van der Waals surface area contributed by atoms with Gasteiger partial charge < -0.3 is 10.1 Å². The summed E-state index contributed by atoms with van der Waals surface area (Å²) in [5, 5.41) is 2.63. The molecule has 24 heavy (non-hydrogen) atoms. The molecule has 0 radical (unpaired) electrons. The fourth-order valence-corrected chi connectivity index (χ4v) is 4.20. The molecule has 0 saturated heterocycles. The van der Waals surface area contributed by atoms with E-state index in [1.165, 1.54) is 24.3 Å². The van der Waals surface area contributed by atoms with E-state index in [2.05, 4.69) is 5.32 Å². The maximum absolute atomic E-state index is 13.4. The van der Waals surface area contributed by atoms with E-state index in [0.717, 1.165) is 0 Å². The largest absolute Gasteiger partial charge is 0.481 e. The third kappa shape index (κ3) is 3.56. The van der Waals surface area contributed by atoms with Gasteiger partial charge in [-0.1, -0.05) is 12.1 Å². The zero-order valence-corrected chi connectivity index (χ0v) is 13.6. The van der Waals surface area contributed by atoms with Gasteiger partial charge in [0.2, 0.25) is 0 Å². The van der Waals surface area contributed by atoms with E-state index in [1.807, 2.05) is 0 Å². The average molecular weight is 349 g/mol. The molecule has 1 N–H and O–H groups in total. The standard InChI is InChI=1S/C17H16FNO4S/c18-14-5-1-2-6-15(14)23-11-17(20)19-13-7-8-16-12(10-13)4-3-9-24(16,21)22/h1-2,5-8,10H,3-4,9,11H2,(H,19,20). The van der Waals surface area contributed by atoms with Gasteiger partial charge in [-0.15, -0.1) is 0 Å². The van der Waals surface area contributed by atoms with Crippen LogP contribution >= 0.6 is 0 Å². The molecule has 2 aromatic rings. The molecule has 2 aromatic carbocycles. The molecular formula is C17H16FNO4S. The molecule has 3 rings (SSSR count). The first kappa shape index (κ1) is 16.4. The summed E-state index contributed by atoms with van der Waals surface area (Å²) < 4.78 is 42.5. The maximum Gasteiger partial charge on any atom is 0.262 e. The molecule has 1 aliphatic rings. The number of benzene rings is 2. The van der Waals surface area contributed by atoms with Crippen molar-refractivity contribution in [3.8, 4) is 5.75 Å². The molecule has 0 spiro atoms. The average Bonchev–Trinajstić information content (AvgIpc) is 2.53. The van der Waals surface area contributed by atoms with Gasteiger partial charge in [-0.25, -0.2) is 12.8 Å². The minimum atomic E-state index is -3.22.